The fraction of sp³-hybridized carbons (Fsp3) is 0.800. The molecule has 114 valence electrons. The highest BCUT2D eigenvalue weighted by Crippen LogP contribution is 2.39. The molecular weight excluding hydrogens is 274 g/mol. The highest BCUT2D eigenvalue weighted by molar-refractivity contribution is 6.31. The third-order valence-electron chi connectivity index (χ3n) is 4.07. The van der Waals surface area contributed by atoms with Gasteiger partial charge < -0.3 is 10.1 Å². The fourth-order valence-electron chi connectivity index (χ4n) is 3.02. The van der Waals surface area contributed by atoms with Gasteiger partial charge in [-0.2, -0.15) is 5.10 Å². The first-order valence-electron chi connectivity index (χ1n) is 7.60. The maximum Gasteiger partial charge on any atom is 0.0864 e. The Morgan fingerprint density at radius 2 is 2.25 bits per heavy atom. The lowest BCUT2D eigenvalue weighted by molar-refractivity contribution is -0.0912. The molecule has 2 atom stereocenters. The third-order valence-corrected chi connectivity index (χ3v) is 4.36. The molecule has 1 aliphatic rings. The van der Waals surface area contributed by atoms with E-state index in [2.05, 4.69) is 38.1 Å². The van der Waals surface area contributed by atoms with Gasteiger partial charge in [-0.05, 0) is 46.6 Å². The molecule has 2 heterocycles. The van der Waals surface area contributed by atoms with E-state index in [1.54, 1.807) is 6.20 Å². The Bertz CT molecular complexity index is 438. The van der Waals surface area contributed by atoms with Crippen LogP contribution in [0.3, 0.4) is 0 Å². The van der Waals surface area contributed by atoms with Gasteiger partial charge in [-0.1, -0.05) is 18.5 Å². The van der Waals surface area contributed by atoms with Gasteiger partial charge in [0, 0.05) is 12.6 Å². The minimum atomic E-state index is -0.218. The van der Waals surface area contributed by atoms with E-state index in [0.29, 0.717) is 0 Å². The van der Waals surface area contributed by atoms with Crippen molar-refractivity contribution in [3.8, 4) is 0 Å². The molecule has 20 heavy (non-hydrogen) atoms. The molecule has 4 nitrogen and oxygen atoms in total. The lowest BCUT2D eigenvalue weighted by Crippen LogP contribution is -2.47. The van der Waals surface area contributed by atoms with E-state index in [1.807, 2.05) is 4.68 Å². The second-order valence-corrected chi connectivity index (χ2v) is 6.43. The summed E-state index contributed by atoms with van der Waals surface area (Å²) >= 11 is 6.42. The van der Waals surface area contributed by atoms with Gasteiger partial charge >= 0.3 is 0 Å². The van der Waals surface area contributed by atoms with Crippen molar-refractivity contribution >= 4 is 11.6 Å². The Morgan fingerprint density at radius 1 is 1.50 bits per heavy atom. The predicted molar refractivity (Wildman–Crippen MR) is 82.2 cm³/mol. The Hall–Kier alpha value is -0.580. The molecule has 0 spiro atoms. The lowest BCUT2D eigenvalue weighted by Gasteiger charge is -2.41. The van der Waals surface area contributed by atoms with Crippen molar-refractivity contribution in [1.29, 1.82) is 0 Å². The van der Waals surface area contributed by atoms with Gasteiger partial charge in [0.2, 0.25) is 0 Å². The Morgan fingerprint density at radius 3 is 2.80 bits per heavy atom. The summed E-state index contributed by atoms with van der Waals surface area (Å²) in [6, 6.07) is 0.357. The largest absolute Gasteiger partial charge is 0.373 e. The van der Waals surface area contributed by atoms with Crippen molar-refractivity contribution in [3.05, 3.63) is 16.9 Å². The monoisotopic (exact) mass is 299 g/mol. The van der Waals surface area contributed by atoms with Crippen LogP contribution in [0.25, 0.3) is 0 Å². The van der Waals surface area contributed by atoms with E-state index in [4.69, 9.17) is 16.3 Å². The summed E-state index contributed by atoms with van der Waals surface area (Å²) in [5, 5.41) is 8.72. The molecule has 2 rings (SSSR count). The topological polar surface area (TPSA) is 39.1 Å². The van der Waals surface area contributed by atoms with E-state index >= 15 is 0 Å². The van der Waals surface area contributed by atoms with Crippen LogP contribution >= 0.6 is 11.6 Å². The molecule has 0 radical (unpaired) electrons. The zero-order chi connectivity index (χ0) is 14.8. The SMILES string of the molecule is CCNC(c1c(Cl)cnn1C(C)C)C1(C)CCCCO1. The normalized spacial score (nSPS) is 25.1. The second-order valence-electron chi connectivity index (χ2n) is 6.02. The van der Waals surface area contributed by atoms with E-state index < -0.39 is 0 Å². The summed E-state index contributed by atoms with van der Waals surface area (Å²) in [5.74, 6) is 0. The predicted octanol–water partition coefficient (Wildman–Crippen LogP) is 3.73. The minimum Gasteiger partial charge on any atom is -0.373 e. The maximum absolute atomic E-state index is 6.42. The number of hydrogen-bond donors (Lipinski definition) is 1. The zero-order valence-electron chi connectivity index (χ0n) is 12.9. The Balaban J connectivity index is 2.40. The van der Waals surface area contributed by atoms with Gasteiger partial charge in [0.15, 0.2) is 0 Å². The van der Waals surface area contributed by atoms with Gasteiger partial charge in [-0.3, -0.25) is 4.68 Å². The van der Waals surface area contributed by atoms with Crippen molar-refractivity contribution < 1.29 is 4.74 Å². The number of nitrogens with one attached hydrogen (secondary N) is 1. The molecular formula is C15H26ClN3O. The van der Waals surface area contributed by atoms with Crippen LogP contribution in [-0.4, -0.2) is 28.5 Å². The van der Waals surface area contributed by atoms with E-state index in [0.717, 1.165) is 36.7 Å². The molecule has 0 bridgehead atoms. The van der Waals surface area contributed by atoms with Gasteiger partial charge in [-0.25, -0.2) is 0 Å². The number of hydrogen-bond acceptors (Lipinski definition) is 3. The van der Waals surface area contributed by atoms with Crippen LogP contribution in [0.4, 0.5) is 0 Å². The summed E-state index contributed by atoms with van der Waals surface area (Å²) in [6.07, 6.45) is 5.13. The molecule has 1 aliphatic heterocycles. The molecule has 1 aromatic rings. The molecule has 1 aromatic heterocycles. The first-order chi connectivity index (χ1) is 9.49. The van der Waals surface area contributed by atoms with Gasteiger partial charge in [0.1, 0.15) is 0 Å². The average Bonchev–Trinajstić information content (AvgIpc) is 2.78. The van der Waals surface area contributed by atoms with Crippen molar-refractivity contribution in [1.82, 2.24) is 15.1 Å². The first kappa shape index (κ1) is 15.8. The standard InChI is InChI=1S/C15H26ClN3O/c1-5-17-14(15(4)8-6-7-9-20-15)13-12(16)10-18-19(13)11(2)3/h10-11,14,17H,5-9H2,1-4H3. The summed E-state index contributed by atoms with van der Waals surface area (Å²) < 4.78 is 8.14. The fourth-order valence-corrected chi connectivity index (χ4v) is 3.26. The molecule has 0 saturated carbocycles. The molecule has 1 N–H and O–H groups in total. The number of rotatable bonds is 5. The summed E-state index contributed by atoms with van der Waals surface area (Å²) in [7, 11) is 0. The minimum absolute atomic E-state index is 0.0743. The van der Waals surface area contributed by atoms with Gasteiger partial charge in [-0.15, -0.1) is 0 Å². The number of halogens is 1. The average molecular weight is 300 g/mol. The van der Waals surface area contributed by atoms with Crippen molar-refractivity contribution in [2.24, 2.45) is 0 Å². The molecule has 1 saturated heterocycles. The van der Waals surface area contributed by atoms with Gasteiger partial charge in [0.05, 0.1) is 28.6 Å². The first-order valence-corrected chi connectivity index (χ1v) is 7.97. The highest BCUT2D eigenvalue weighted by Gasteiger charge is 2.40. The van der Waals surface area contributed by atoms with Crippen molar-refractivity contribution in [3.63, 3.8) is 0 Å². The quantitative estimate of drug-likeness (QED) is 0.900. The zero-order valence-corrected chi connectivity index (χ0v) is 13.7. The van der Waals surface area contributed by atoms with E-state index in [9.17, 15) is 0 Å². The van der Waals surface area contributed by atoms with E-state index in [1.165, 1.54) is 6.42 Å². The molecule has 0 aliphatic carbocycles. The van der Waals surface area contributed by atoms with Crippen LogP contribution in [0.5, 0.6) is 0 Å². The third kappa shape index (κ3) is 3.02. The molecule has 0 aromatic carbocycles. The Kier molecular flexibility index (Phi) is 5.10. The van der Waals surface area contributed by atoms with Crippen LogP contribution in [-0.2, 0) is 4.74 Å². The van der Waals surface area contributed by atoms with Crippen LogP contribution < -0.4 is 5.32 Å². The summed E-state index contributed by atoms with van der Waals surface area (Å²) in [4.78, 5) is 0. The molecule has 1 fully saturated rings. The number of ether oxygens (including phenoxy) is 1. The lowest BCUT2D eigenvalue weighted by atomic mass is 9.86. The van der Waals surface area contributed by atoms with Crippen LogP contribution in [0.1, 0.15) is 64.7 Å². The maximum atomic E-state index is 6.42. The molecule has 0 amide bonds. The van der Waals surface area contributed by atoms with Crippen LogP contribution in [0.2, 0.25) is 5.02 Å². The van der Waals surface area contributed by atoms with Gasteiger partial charge in [0.25, 0.3) is 0 Å². The summed E-state index contributed by atoms with van der Waals surface area (Å²) in [5.41, 5.74) is 0.831. The van der Waals surface area contributed by atoms with Crippen LogP contribution in [0, 0.1) is 0 Å². The van der Waals surface area contributed by atoms with E-state index in [-0.39, 0.29) is 17.7 Å². The highest BCUT2D eigenvalue weighted by atomic mass is 35.5. The smallest absolute Gasteiger partial charge is 0.0864 e. The molecule has 5 heteroatoms. The number of likely N-dealkylation sites (N-methyl/N-ethyl adjacent to an activating group) is 1. The molecule has 2 unspecified atom stereocenters. The second kappa shape index (κ2) is 6.46. The number of aromatic nitrogens is 2. The Labute approximate surface area is 126 Å². The number of nitrogens with zero attached hydrogens (tertiary/aromatic N) is 2. The summed E-state index contributed by atoms with van der Waals surface area (Å²) in [6.45, 7) is 10.3. The van der Waals surface area contributed by atoms with Crippen molar-refractivity contribution in [2.45, 2.75) is 64.6 Å². The van der Waals surface area contributed by atoms with Crippen molar-refractivity contribution in [2.75, 3.05) is 13.2 Å². The van der Waals surface area contributed by atoms with Crippen LogP contribution in [0.15, 0.2) is 6.20 Å².